The molecule has 0 bridgehead atoms. The van der Waals surface area contributed by atoms with Crippen LogP contribution in [-0.2, 0) is 11.3 Å². The van der Waals surface area contributed by atoms with Crippen LogP contribution in [0.2, 0.25) is 0 Å². The van der Waals surface area contributed by atoms with Gasteiger partial charge in [-0.15, -0.1) is 11.3 Å². The predicted molar refractivity (Wildman–Crippen MR) is 80.0 cm³/mol. The van der Waals surface area contributed by atoms with E-state index in [1.165, 1.54) is 4.88 Å². The van der Waals surface area contributed by atoms with Gasteiger partial charge in [-0.25, -0.2) is 0 Å². The van der Waals surface area contributed by atoms with E-state index >= 15 is 0 Å². The number of carbonyl (C=O) groups is 1. The second kappa shape index (κ2) is 6.03. The van der Waals surface area contributed by atoms with Crippen molar-refractivity contribution in [3.63, 3.8) is 0 Å². The van der Waals surface area contributed by atoms with Crippen LogP contribution < -0.4 is 0 Å². The van der Waals surface area contributed by atoms with Gasteiger partial charge in [0.25, 0.3) is 0 Å². The molecule has 2 heterocycles. The van der Waals surface area contributed by atoms with Gasteiger partial charge < -0.3 is 5.11 Å². The molecule has 1 fully saturated rings. The summed E-state index contributed by atoms with van der Waals surface area (Å²) in [4.78, 5) is 14.6. The van der Waals surface area contributed by atoms with Gasteiger partial charge in [-0.1, -0.05) is 0 Å². The van der Waals surface area contributed by atoms with E-state index in [-0.39, 0.29) is 5.92 Å². The zero-order valence-corrected chi connectivity index (χ0v) is 14.0. The molecule has 0 amide bonds. The van der Waals surface area contributed by atoms with Crippen molar-refractivity contribution >= 4 is 49.2 Å². The van der Waals surface area contributed by atoms with Gasteiger partial charge >= 0.3 is 5.97 Å². The number of halogens is 2. The van der Waals surface area contributed by atoms with Crippen molar-refractivity contribution in [1.82, 2.24) is 4.90 Å². The number of nitrogens with zero attached hydrogens (tertiary/aromatic N) is 1. The minimum atomic E-state index is -0.650. The molecular weight excluding hydrogens is 382 g/mol. The molecule has 18 heavy (non-hydrogen) atoms. The monoisotopic (exact) mass is 395 g/mol. The Morgan fingerprint density at radius 2 is 2.33 bits per heavy atom. The summed E-state index contributed by atoms with van der Waals surface area (Å²) in [6, 6.07) is 2.46. The number of carboxylic acids is 1. The lowest BCUT2D eigenvalue weighted by molar-refractivity contribution is -0.144. The molecule has 6 heteroatoms. The van der Waals surface area contributed by atoms with Crippen molar-refractivity contribution in [3.8, 4) is 0 Å². The Labute approximate surface area is 127 Å². The minimum absolute atomic E-state index is 0.168. The maximum Gasteiger partial charge on any atom is 0.306 e. The lowest BCUT2D eigenvalue weighted by atomic mass is 9.92. The van der Waals surface area contributed by atoms with E-state index in [0.717, 1.165) is 34.2 Å². The number of thiophene rings is 1. The average Bonchev–Trinajstić information content (AvgIpc) is 2.61. The van der Waals surface area contributed by atoms with Crippen LogP contribution in [0, 0.1) is 5.92 Å². The summed E-state index contributed by atoms with van der Waals surface area (Å²) in [7, 11) is 0. The van der Waals surface area contributed by atoms with Crippen LogP contribution in [0.25, 0.3) is 0 Å². The fourth-order valence-electron chi connectivity index (χ4n) is 2.35. The van der Waals surface area contributed by atoms with Crippen LogP contribution in [-0.4, -0.2) is 28.6 Å². The van der Waals surface area contributed by atoms with Crippen LogP contribution in [0.1, 0.15) is 24.6 Å². The molecule has 2 atom stereocenters. The van der Waals surface area contributed by atoms with Gasteiger partial charge in [-0.2, -0.15) is 0 Å². The lowest BCUT2D eigenvalue weighted by Crippen LogP contribution is -2.41. The summed E-state index contributed by atoms with van der Waals surface area (Å²) >= 11 is 8.72. The van der Waals surface area contributed by atoms with E-state index in [0.29, 0.717) is 6.04 Å². The molecular formula is C12H15Br2NO2S. The molecule has 1 aliphatic heterocycles. The summed E-state index contributed by atoms with van der Waals surface area (Å²) in [6.07, 6.45) is 1.51. The van der Waals surface area contributed by atoms with Gasteiger partial charge in [0.1, 0.15) is 0 Å². The van der Waals surface area contributed by atoms with Crippen LogP contribution in [0.3, 0.4) is 0 Å². The van der Waals surface area contributed by atoms with Crippen LogP contribution >= 0.6 is 43.2 Å². The Bertz CT molecular complexity index is 430. The second-order valence-electron chi connectivity index (χ2n) is 4.71. The summed E-state index contributed by atoms with van der Waals surface area (Å²) in [5.41, 5.74) is 0. The molecule has 1 N–H and O–H groups in total. The molecule has 1 aromatic heterocycles. The summed E-state index contributed by atoms with van der Waals surface area (Å²) < 4.78 is 2.21. The molecule has 0 radical (unpaired) electrons. The molecule has 0 aromatic carbocycles. The first-order valence-corrected chi connectivity index (χ1v) is 8.28. The highest BCUT2D eigenvalue weighted by molar-refractivity contribution is 9.13. The highest BCUT2D eigenvalue weighted by Gasteiger charge is 2.29. The summed E-state index contributed by atoms with van der Waals surface area (Å²) in [5, 5.41) is 9.04. The molecule has 1 aliphatic rings. The van der Waals surface area contributed by atoms with Gasteiger partial charge in [0.05, 0.1) is 9.70 Å². The number of hydrogen-bond donors (Lipinski definition) is 1. The van der Waals surface area contributed by atoms with E-state index in [2.05, 4.69) is 49.7 Å². The zero-order valence-electron chi connectivity index (χ0n) is 10.0. The topological polar surface area (TPSA) is 40.5 Å². The van der Waals surface area contributed by atoms with Gasteiger partial charge in [0, 0.05) is 21.9 Å². The number of hydrogen-bond acceptors (Lipinski definition) is 3. The molecule has 1 saturated heterocycles. The fraction of sp³-hybridized carbons (Fsp3) is 0.583. The molecule has 100 valence electrons. The average molecular weight is 397 g/mol. The van der Waals surface area contributed by atoms with E-state index in [9.17, 15) is 4.79 Å². The van der Waals surface area contributed by atoms with Gasteiger partial charge in [-0.3, -0.25) is 9.69 Å². The van der Waals surface area contributed by atoms with Crippen molar-refractivity contribution in [2.45, 2.75) is 32.4 Å². The first-order valence-electron chi connectivity index (χ1n) is 5.88. The summed E-state index contributed by atoms with van der Waals surface area (Å²) in [5.74, 6) is -0.818. The molecule has 2 rings (SSSR count). The Morgan fingerprint density at radius 1 is 1.61 bits per heavy atom. The Kier molecular flexibility index (Phi) is 4.86. The summed E-state index contributed by atoms with van der Waals surface area (Å²) in [6.45, 7) is 3.89. The Balaban J connectivity index is 1.97. The number of aliphatic carboxylic acids is 1. The third-order valence-corrected chi connectivity index (χ3v) is 6.66. The SMILES string of the molecule is CC1CC(C(=O)O)CCN1Cc1cc(Br)c(Br)s1. The standard InChI is InChI=1S/C12H15Br2NO2S/c1-7-4-8(12(16)17)2-3-15(7)6-9-5-10(13)11(14)18-9/h5,7-8H,2-4,6H2,1H3,(H,16,17). The highest BCUT2D eigenvalue weighted by atomic mass is 79.9. The van der Waals surface area contributed by atoms with Crippen molar-refractivity contribution < 1.29 is 9.90 Å². The molecule has 0 saturated carbocycles. The third kappa shape index (κ3) is 3.35. The number of carboxylic acid groups (broad SMARTS) is 1. The van der Waals surface area contributed by atoms with Crippen molar-refractivity contribution in [2.75, 3.05) is 6.54 Å². The van der Waals surface area contributed by atoms with Gasteiger partial charge in [0.15, 0.2) is 0 Å². The van der Waals surface area contributed by atoms with Gasteiger partial charge in [-0.05, 0) is 64.2 Å². The van der Waals surface area contributed by atoms with Crippen molar-refractivity contribution in [1.29, 1.82) is 0 Å². The fourth-order valence-corrected chi connectivity index (χ4v) is 4.55. The van der Waals surface area contributed by atoms with E-state index in [1.54, 1.807) is 11.3 Å². The normalized spacial score (nSPS) is 25.3. The number of likely N-dealkylation sites (tertiary alicyclic amines) is 1. The predicted octanol–water partition coefficient (Wildman–Crippen LogP) is 3.96. The second-order valence-corrected chi connectivity index (χ2v) is 8.02. The van der Waals surface area contributed by atoms with Crippen LogP contribution in [0.4, 0.5) is 0 Å². The maximum atomic E-state index is 11.0. The first kappa shape index (κ1) is 14.5. The maximum absolute atomic E-state index is 11.0. The molecule has 2 unspecified atom stereocenters. The largest absolute Gasteiger partial charge is 0.481 e. The van der Waals surface area contributed by atoms with Crippen LogP contribution in [0.15, 0.2) is 14.3 Å². The highest BCUT2D eigenvalue weighted by Crippen LogP contribution is 2.34. The van der Waals surface area contributed by atoms with Crippen molar-refractivity contribution in [3.05, 3.63) is 19.2 Å². The minimum Gasteiger partial charge on any atom is -0.481 e. The molecule has 0 spiro atoms. The quantitative estimate of drug-likeness (QED) is 0.840. The lowest BCUT2D eigenvalue weighted by Gasteiger charge is -2.35. The third-order valence-electron chi connectivity index (χ3n) is 3.42. The zero-order chi connectivity index (χ0) is 13.3. The Hall–Kier alpha value is 0.0900. The molecule has 1 aromatic rings. The first-order chi connectivity index (χ1) is 8.47. The molecule has 0 aliphatic carbocycles. The van der Waals surface area contributed by atoms with Crippen LogP contribution in [0.5, 0.6) is 0 Å². The smallest absolute Gasteiger partial charge is 0.306 e. The number of rotatable bonds is 3. The van der Waals surface area contributed by atoms with E-state index in [1.807, 2.05) is 0 Å². The van der Waals surface area contributed by atoms with Crippen molar-refractivity contribution in [2.24, 2.45) is 5.92 Å². The number of piperidine rings is 1. The van der Waals surface area contributed by atoms with Gasteiger partial charge in [0.2, 0.25) is 0 Å². The van der Waals surface area contributed by atoms with E-state index in [4.69, 9.17) is 5.11 Å². The van der Waals surface area contributed by atoms with E-state index < -0.39 is 5.97 Å². The molecule has 3 nitrogen and oxygen atoms in total. The Morgan fingerprint density at radius 3 is 2.83 bits per heavy atom.